The average Bonchev–Trinajstić information content (AvgIpc) is 3.87. The summed E-state index contributed by atoms with van der Waals surface area (Å²) >= 11 is 0. The van der Waals surface area contributed by atoms with Gasteiger partial charge in [0.1, 0.15) is 29.5 Å². The molecule has 2 saturated heterocycles. The Morgan fingerprint density at radius 1 is 0.605 bits per heavy atom. The molecular formula is C29H31FO8. The van der Waals surface area contributed by atoms with Crippen LogP contribution in [0.4, 0.5) is 4.39 Å². The third-order valence-electron chi connectivity index (χ3n) is 5.92. The Bertz CT molecular complexity index is 1130. The van der Waals surface area contributed by atoms with Crippen LogP contribution in [-0.2, 0) is 31.8 Å². The Labute approximate surface area is 221 Å². The fraction of sp³-hybridized carbons (Fsp3) is 0.379. The lowest BCUT2D eigenvalue weighted by Crippen LogP contribution is -2.08. The highest BCUT2D eigenvalue weighted by Crippen LogP contribution is 2.22. The maximum Gasteiger partial charge on any atom is 0.231 e. The lowest BCUT2D eigenvalue weighted by molar-refractivity contribution is 0.00806. The van der Waals surface area contributed by atoms with Gasteiger partial charge in [-0.15, -0.1) is 0 Å². The minimum atomic E-state index is -0.424. The summed E-state index contributed by atoms with van der Waals surface area (Å²) in [7, 11) is 0. The van der Waals surface area contributed by atoms with E-state index in [9.17, 15) is 4.39 Å². The van der Waals surface area contributed by atoms with E-state index in [1.807, 2.05) is 30.3 Å². The van der Waals surface area contributed by atoms with Gasteiger partial charge in [-0.25, -0.2) is 4.39 Å². The molecule has 38 heavy (non-hydrogen) atoms. The zero-order valence-corrected chi connectivity index (χ0v) is 21.0. The lowest BCUT2D eigenvalue weighted by Gasteiger charge is -2.11. The van der Waals surface area contributed by atoms with Crippen molar-refractivity contribution in [3.8, 4) is 23.0 Å². The molecule has 0 N–H and O–H groups in total. The first-order valence-electron chi connectivity index (χ1n) is 12.6. The second-order valence-electron chi connectivity index (χ2n) is 8.96. The van der Waals surface area contributed by atoms with Gasteiger partial charge in [-0.2, -0.15) is 0 Å². The second-order valence-corrected chi connectivity index (χ2v) is 8.96. The van der Waals surface area contributed by atoms with Gasteiger partial charge < -0.3 is 37.9 Å². The van der Waals surface area contributed by atoms with E-state index >= 15 is 0 Å². The van der Waals surface area contributed by atoms with Gasteiger partial charge in [0.05, 0.1) is 26.4 Å². The van der Waals surface area contributed by atoms with Crippen molar-refractivity contribution in [2.45, 2.75) is 25.0 Å². The van der Waals surface area contributed by atoms with Crippen LogP contribution in [0.1, 0.15) is 11.1 Å². The molecule has 3 aromatic rings. The van der Waals surface area contributed by atoms with E-state index < -0.39 is 5.82 Å². The molecule has 2 unspecified atom stereocenters. The van der Waals surface area contributed by atoms with Crippen molar-refractivity contribution >= 4 is 0 Å². The molecule has 2 aliphatic heterocycles. The first kappa shape index (κ1) is 26.2. The number of epoxide rings is 2. The summed E-state index contributed by atoms with van der Waals surface area (Å²) in [6.07, 6.45) is 1.91. The minimum Gasteiger partial charge on any atom is -0.468 e. The van der Waals surface area contributed by atoms with Crippen molar-refractivity contribution < 1.29 is 42.3 Å². The molecular weight excluding hydrogens is 495 g/mol. The van der Waals surface area contributed by atoms with Crippen LogP contribution in [0.25, 0.3) is 0 Å². The number of aryl methyl sites for hydroxylation is 2. The molecule has 0 amide bonds. The summed E-state index contributed by atoms with van der Waals surface area (Å²) in [6, 6.07) is 19.8. The standard InChI is InChI=1S/C29H31FO8/c30-28-13-22(2-1-21-3-6-23(7-4-21)35-18-31-14-26-16-33-26)5-12-29(28)38-20-37-25-10-8-24(9-11-25)36-19-32-15-27-17-34-27/h3-13,26-27H,1-2,14-20H2. The monoisotopic (exact) mass is 526 g/mol. The van der Waals surface area contributed by atoms with Crippen LogP contribution >= 0.6 is 0 Å². The number of halogens is 1. The molecule has 0 saturated carbocycles. The summed E-state index contributed by atoms with van der Waals surface area (Å²) in [5, 5.41) is 0. The molecule has 3 aromatic carbocycles. The number of rotatable bonds is 17. The van der Waals surface area contributed by atoms with Crippen molar-refractivity contribution in [3.63, 3.8) is 0 Å². The van der Waals surface area contributed by atoms with E-state index in [1.54, 1.807) is 30.3 Å². The van der Waals surface area contributed by atoms with E-state index in [0.717, 1.165) is 36.5 Å². The Morgan fingerprint density at radius 2 is 1.08 bits per heavy atom. The molecule has 9 heteroatoms. The van der Waals surface area contributed by atoms with Crippen LogP contribution in [-0.4, -0.2) is 59.0 Å². The van der Waals surface area contributed by atoms with Crippen LogP contribution in [0, 0.1) is 5.82 Å². The second kappa shape index (κ2) is 13.4. The van der Waals surface area contributed by atoms with Gasteiger partial charge in [0.2, 0.25) is 6.79 Å². The molecule has 2 heterocycles. The average molecular weight is 527 g/mol. The van der Waals surface area contributed by atoms with Crippen LogP contribution < -0.4 is 18.9 Å². The number of ether oxygens (including phenoxy) is 8. The van der Waals surface area contributed by atoms with E-state index in [-0.39, 0.29) is 38.3 Å². The van der Waals surface area contributed by atoms with Gasteiger partial charge in [-0.3, -0.25) is 0 Å². The van der Waals surface area contributed by atoms with Gasteiger partial charge in [0.25, 0.3) is 0 Å². The highest BCUT2D eigenvalue weighted by molar-refractivity contribution is 5.33. The van der Waals surface area contributed by atoms with Crippen molar-refractivity contribution in [1.82, 2.24) is 0 Å². The Balaban J connectivity index is 0.986. The summed E-state index contributed by atoms with van der Waals surface area (Å²) in [5.41, 5.74) is 2.02. The van der Waals surface area contributed by atoms with Gasteiger partial charge in [0, 0.05) is 0 Å². The summed E-state index contributed by atoms with van der Waals surface area (Å²) < 4.78 is 57.5. The Hall–Kier alpha value is -3.37. The molecule has 0 bridgehead atoms. The molecule has 0 aromatic heterocycles. The van der Waals surface area contributed by atoms with Crippen LogP contribution in [0.15, 0.2) is 66.7 Å². The van der Waals surface area contributed by atoms with Crippen LogP contribution in [0.5, 0.6) is 23.0 Å². The van der Waals surface area contributed by atoms with Crippen molar-refractivity contribution in [2.75, 3.05) is 46.8 Å². The third kappa shape index (κ3) is 8.88. The van der Waals surface area contributed by atoms with E-state index in [0.29, 0.717) is 31.1 Å². The molecule has 8 nitrogen and oxygen atoms in total. The summed E-state index contributed by atoms with van der Waals surface area (Å²) in [6.45, 7) is 2.86. The lowest BCUT2D eigenvalue weighted by atomic mass is 10.0. The van der Waals surface area contributed by atoms with Crippen molar-refractivity contribution in [2.24, 2.45) is 0 Å². The zero-order valence-electron chi connectivity index (χ0n) is 21.0. The van der Waals surface area contributed by atoms with Gasteiger partial charge in [-0.05, 0) is 72.5 Å². The summed E-state index contributed by atoms with van der Waals surface area (Å²) in [4.78, 5) is 0. The quantitative estimate of drug-likeness (QED) is 0.144. The smallest absolute Gasteiger partial charge is 0.231 e. The number of hydrogen-bond acceptors (Lipinski definition) is 8. The molecule has 2 aliphatic rings. The van der Waals surface area contributed by atoms with E-state index in [2.05, 4.69) is 0 Å². The highest BCUT2D eigenvalue weighted by Gasteiger charge is 2.22. The first-order chi connectivity index (χ1) is 18.7. The SMILES string of the molecule is Fc1cc(CCc2ccc(OCOCC3CO3)cc2)ccc1OCOc1ccc(OCOCC2CO2)cc1. The molecule has 2 fully saturated rings. The summed E-state index contributed by atoms with van der Waals surface area (Å²) in [5.74, 6) is 1.70. The molecule has 2 atom stereocenters. The predicted molar refractivity (Wildman–Crippen MR) is 135 cm³/mol. The number of hydrogen-bond donors (Lipinski definition) is 0. The Kier molecular flexibility index (Phi) is 9.28. The topological polar surface area (TPSA) is 80.4 Å². The van der Waals surface area contributed by atoms with Crippen LogP contribution in [0.2, 0.25) is 0 Å². The fourth-order valence-electron chi connectivity index (χ4n) is 3.56. The molecule has 0 spiro atoms. The van der Waals surface area contributed by atoms with Crippen molar-refractivity contribution in [1.29, 1.82) is 0 Å². The van der Waals surface area contributed by atoms with Gasteiger partial charge in [-0.1, -0.05) is 18.2 Å². The first-order valence-corrected chi connectivity index (χ1v) is 12.6. The minimum absolute atomic E-state index is 0.116. The zero-order chi connectivity index (χ0) is 26.0. The number of benzene rings is 3. The third-order valence-corrected chi connectivity index (χ3v) is 5.92. The van der Waals surface area contributed by atoms with Crippen LogP contribution in [0.3, 0.4) is 0 Å². The molecule has 0 aliphatic carbocycles. The van der Waals surface area contributed by atoms with Crippen molar-refractivity contribution in [3.05, 3.63) is 83.7 Å². The largest absolute Gasteiger partial charge is 0.468 e. The van der Waals surface area contributed by atoms with Gasteiger partial charge >= 0.3 is 0 Å². The highest BCUT2D eigenvalue weighted by atomic mass is 19.1. The van der Waals surface area contributed by atoms with E-state index in [4.69, 9.17) is 37.9 Å². The fourth-order valence-corrected chi connectivity index (χ4v) is 3.56. The molecule has 5 rings (SSSR count). The molecule has 202 valence electrons. The maximum atomic E-state index is 14.6. The van der Waals surface area contributed by atoms with Gasteiger partial charge in [0.15, 0.2) is 25.2 Å². The van der Waals surface area contributed by atoms with E-state index in [1.165, 1.54) is 6.07 Å². The predicted octanol–water partition coefficient (Wildman–Crippen LogP) is 4.53. The Morgan fingerprint density at radius 3 is 1.61 bits per heavy atom. The maximum absolute atomic E-state index is 14.6. The molecule has 0 radical (unpaired) electrons. The normalized spacial score (nSPS) is 17.6.